The van der Waals surface area contributed by atoms with Gasteiger partial charge in [0, 0.05) is 28.6 Å². The number of nitrogens with one attached hydrogen (secondary N) is 1. The van der Waals surface area contributed by atoms with Crippen LogP contribution in [-0.2, 0) is 11.0 Å². The first-order chi connectivity index (χ1) is 11.1. The lowest BCUT2D eigenvalue weighted by atomic mass is 10.2. The van der Waals surface area contributed by atoms with Crippen molar-refractivity contribution in [1.29, 1.82) is 0 Å². The molecule has 124 valence electrons. The molecular formula is C16H22N4OS2. The number of aromatic nitrogens is 3. The van der Waals surface area contributed by atoms with Gasteiger partial charge in [0.1, 0.15) is 5.01 Å². The Morgan fingerprint density at radius 2 is 2.22 bits per heavy atom. The van der Waals surface area contributed by atoms with E-state index in [1.807, 2.05) is 33.0 Å². The number of pyridine rings is 1. The van der Waals surface area contributed by atoms with Crippen LogP contribution in [0.3, 0.4) is 0 Å². The molecule has 2 aromatic heterocycles. The highest BCUT2D eigenvalue weighted by Crippen LogP contribution is 2.39. The fourth-order valence-electron chi connectivity index (χ4n) is 2.21. The normalized spacial score (nSPS) is 18.6. The average molecular weight is 351 g/mol. The molecule has 1 fully saturated rings. The second-order valence-electron chi connectivity index (χ2n) is 6.06. The minimum absolute atomic E-state index is 0.0687. The zero-order valence-corrected chi connectivity index (χ0v) is 15.3. The molecule has 1 N–H and O–H groups in total. The summed E-state index contributed by atoms with van der Waals surface area (Å²) in [4.78, 5) is 9.05. The summed E-state index contributed by atoms with van der Waals surface area (Å²) >= 11 is 1.37. The Morgan fingerprint density at radius 3 is 2.91 bits per heavy atom. The van der Waals surface area contributed by atoms with Gasteiger partial charge in [0.25, 0.3) is 0 Å². The molecular weight excluding hydrogens is 328 g/mol. The monoisotopic (exact) mass is 350 g/mol. The summed E-state index contributed by atoms with van der Waals surface area (Å²) in [5.41, 5.74) is 2.16. The van der Waals surface area contributed by atoms with Gasteiger partial charge in [0.15, 0.2) is 5.82 Å². The summed E-state index contributed by atoms with van der Waals surface area (Å²) in [5, 5.41) is 0.993. The lowest BCUT2D eigenvalue weighted by molar-refractivity contribution is 0.636. The van der Waals surface area contributed by atoms with Crippen LogP contribution in [0.25, 0.3) is 11.4 Å². The first-order valence-electron chi connectivity index (χ1n) is 8.05. The summed E-state index contributed by atoms with van der Waals surface area (Å²) in [6.07, 6.45) is 5.18. The van der Waals surface area contributed by atoms with Gasteiger partial charge in [-0.05, 0) is 56.8 Å². The van der Waals surface area contributed by atoms with Gasteiger partial charge in [-0.1, -0.05) is 6.92 Å². The minimum atomic E-state index is -1.05. The lowest BCUT2D eigenvalue weighted by Gasteiger charge is -2.13. The molecule has 0 aromatic carbocycles. The first-order valence-corrected chi connectivity index (χ1v) is 10.0. The van der Waals surface area contributed by atoms with Crippen LogP contribution in [0.2, 0.25) is 0 Å². The molecule has 3 rings (SSSR count). The molecule has 0 aliphatic heterocycles. The molecule has 1 saturated carbocycles. The zero-order chi connectivity index (χ0) is 16.4. The first kappa shape index (κ1) is 16.7. The van der Waals surface area contributed by atoms with Gasteiger partial charge in [0.05, 0.1) is 17.0 Å². The highest BCUT2D eigenvalue weighted by atomic mass is 32.2. The van der Waals surface area contributed by atoms with Crippen molar-refractivity contribution in [2.45, 2.75) is 57.2 Å². The van der Waals surface area contributed by atoms with Crippen molar-refractivity contribution in [2.24, 2.45) is 0 Å². The molecule has 0 bridgehead atoms. The molecule has 0 radical (unpaired) electrons. The highest BCUT2D eigenvalue weighted by molar-refractivity contribution is 7.83. The van der Waals surface area contributed by atoms with Crippen LogP contribution < -0.4 is 4.72 Å². The van der Waals surface area contributed by atoms with E-state index < -0.39 is 11.0 Å². The van der Waals surface area contributed by atoms with Gasteiger partial charge in [0.2, 0.25) is 0 Å². The van der Waals surface area contributed by atoms with Crippen LogP contribution in [-0.4, -0.2) is 23.8 Å². The largest absolute Gasteiger partial charge is 0.261 e. The zero-order valence-electron chi connectivity index (χ0n) is 13.7. The van der Waals surface area contributed by atoms with Crippen molar-refractivity contribution >= 4 is 22.5 Å². The van der Waals surface area contributed by atoms with Crippen LogP contribution in [0.5, 0.6) is 0 Å². The third-order valence-electron chi connectivity index (χ3n) is 4.08. The van der Waals surface area contributed by atoms with Crippen molar-refractivity contribution in [2.75, 3.05) is 0 Å². The van der Waals surface area contributed by atoms with E-state index in [0.29, 0.717) is 5.92 Å². The van der Waals surface area contributed by atoms with Gasteiger partial charge in [-0.3, -0.25) is 4.98 Å². The standard InChI is InChI=1S/C16H22N4OS2/c1-4-10(2)23(21)20-11(3)16-18-15(19-22-16)13-7-8-17-14(9-13)12-5-6-12/h7-12,20H,4-6H2,1-3H3/t10-,11+,23?/m0/s1. The van der Waals surface area contributed by atoms with Gasteiger partial charge in [-0.25, -0.2) is 13.9 Å². The fraction of sp³-hybridized carbons (Fsp3) is 0.562. The number of nitrogens with zero attached hydrogens (tertiary/aromatic N) is 3. The Bertz CT molecular complexity index is 699. The van der Waals surface area contributed by atoms with Gasteiger partial charge < -0.3 is 0 Å². The summed E-state index contributed by atoms with van der Waals surface area (Å²) in [7, 11) is -1.05. The van der Waals surface area contributed by atoms with Crippen molar-refractivity contribution in [1.82, 2.24) is 19.1 Å². The topological polar surface area (TPSA) is 67.8 Å². The van der Waals surface area contributed by atoms with Gasteiger partial charge >= 0.3 is 0 Å². The summed E-state index contributed by atoms with van der Waals surface area (Å²) in [5.74, 6) is 1.35. The Hall–Kier alpha value is -1.18. The molecule has 0 spiro atoms. The third-order valence-corrected chi connectivity index (χ3v) is 6.63. The van der Waals surface area contributed by atoms with Crippen LogP contribution in [0, 0.1) is 0 Å². The molecule has 1 aliphatic carbocycles. The van der Waals surface area contributed by atoms with Crippen LogP contribution >= 0.6 is 11.5 Å². The molecule has 3 atom stereocenters. The van der Waals surface area contributed by atoms with E-state index >= 15 is 0 Å². The molecule has 1 aliphatic rings. The van der Waals surface area contributed by atoms with Crippen LogP contribution in [0.15, 0.2) is 18.3 Å². The maximum atomic E-state index is 12.1. The minimum Gasteiger partial charge on any atom is -0.261 e. The Morgan fingerprint density at radius 1 is 1.43 bits per heavy atom. The smallest absolute Gasteiger partial charge is 0.173 e. The highest BCUT2D eigenvalue weighted by Gasteiger charge is 2.25. The average Bonchev–Trinajstić information content (AvgIpc) is 3.30. The van der Waals surface area contributed by atoms with E-state index in [1.165, 1.54) is 24.4 Å². The quantitative estimate of drug-likeness (QED) is 0.828. The van der Waals surface area contributed by atoms with Crippen molar-refractivity contribution in [3.8, 4) is 11.4 Å². The van der Waals surface area contributed by atoms with Crippen molar-refractivity contribution < 1.29 is 4.21 Å². The van der Waals surface area contributed by atoms with Crippen LogP contribution in [0.4, 0.5) is 0 Å². The molecule has 2 heterocycles. The van der Waals surface area contributed by atoms with E-state index in [1.54, 1.807) is 0 Å². The molecule has 7 heteroatoms. The molecule has 2 aromatic rings. The van der Waals surface area contributed by atoms with E-state index in [0.717, 1.165) is 28.5 Å². The maximum absolute atomic E-state index is 12.1. The second kappa shape index (κ2) is 7.15. The fourth-order valence-corrected chi connectivity index (χ4v) is 3.95. The summed E-state index contributed by atoms with van der Waals surface area (Å²) in [6.45, 7) is 6.00. The molecule has 5 nitrogen and oxygen atoms in total. The van der Waals surface area contributed by atoms with E-state index in [2.05, 4.69) is 25.1 Å². The number of hydrogen-bond donors (Lipinski definition) is 1. The van der Waals surface area contributed by atoms with Gasteiger partial charge in [-0.15, -0.1) is 0 Å². The van der Waals surface area contributed by atoms with Crippen molar-refractivity contribution in [3.05, 3.63) is 29.0 Å². The van der Waals surface area contributed by atoms with Gasteiger partial charge in [-0.2, -0.15) is 4.37 Å². The summed E-state index contributed by atoms with van der Waals surface area (Å²) < 4.78 is 19.7. The number of hydrogen-bond acceptors (Lipinski definition) is 5. The van der Waals surface area contributed by atoms with E-state index in [9.17, 15) is 4.21 Å². The third kappa shape index (κ3) is 4.02. The molecule has 23 heavy (non-hydrogen) atoms. The number of rotatable bonds is 7. The van der Waals surface area contributed by atoms with Crippen LogP contribution in [0.1, 0.15) is 62.7 Å². The van der Waals surface area contributed by atoms with Crippen molar-refractivity contribution in [3.63, 3.8) is 0 Å². The second-order valence-corrected chi connectivity index (χ2v) is 8.47. The molecule has 1 unspecified atom stereocenters. The maximum Gasteiger partial charge on any atom is 0.173 e. The van der Waals surface area contributed by atoms with E-state index in [-0.39, 0.29) is 11.3 Å². The molecule has 0 saturated heterocycles. The van der Waals surface area contributed by atoms with E-state index in [4.69, 9.17) is 0 Å². The Balaban J connectivity index is 1.72. The lowest BCUT2D eigenvalue weighted by Crippen LogP contribution is -2.28. The Kier molecular flexibility index (Phi) is 5.18. The predicted molar refractivity (Wildman–Crippen MR) is 94.6 cm³/mol. The predicted octanol–water partition coefficient (Wildman–Crippen LogP) is 3.59. The molecule has 0 amide bonds. The summed E-state index contributed by atoms with van der Waals surface area (Å²) in [6, 6.07) is 3.98. The Labute approximate surface area is 143 Å². The SMILES string of the molecule is CC[C@H](C)S(=O)N[C@H](C)c1nc(-c2ccnc(C3CC3)c2)ns1.